The van der Waals surface area contributed by atoms with Gasteiger partial charge in [-0.1, -0.05) is 74.7 Å². The number of hydrogen-bond acceptors (Lipinski definition) is 7. The lowest BCUT2D eigenvalue weighted by Gasteiger charge is -2.16. The fourth-order valence-electron chi connectivity index (χ4n) is 3.98. The molecule has 2 aromatic heterocycles. The summed E-state index contributed by atoms with van der Waals surface area (Å²) in [6.45, 7) is 4.31. The maximum Gasteiger partial charge on any atom is 0.295 e. The summed E-state index contributed by atoms with van der Waals surface area (Å²) in [5.41, 5.74) is 5.50. The first-order valence-corrected chi connectivity index (χ1v) is 13.0. The molecule has 39 heavy (non-hydrogen) atoms. The third-order valence-electron chi connectivity index (χ3n) is 6.10. The molecule has 0 aliphatic heterocycles. The molecule has 0 spiro atoms. The van der Waals surface area contributed by atoms with Gasteiger partial charge in [-0.15, -0.1) is 0 Å². The van der Waals surface area contributed by atoms with E-state index in [9.17, 15) is 9.59 Å². The first-order valence-electron chi connectivity index (χ1n) is 12.2. The van der Waals surface area contributed by atoms with Crippen LogP contribution in [0.1, 0.15) is 27.2 Å². The maximum atomic E-state index is 12.8. The SMILES string of the molecule is Cc1ccc(-c2ccc(C(=O)NC(Cc3ccc(-c4noc(-c5ccc(C)cc5)n4)c(Br)c3)OC=O)o2)cc1. The lowest BCUT2D eigenvalue weighted by Crippen LogP contribution is -2.38. The fourth-order valence-corrected chi connectivity index (χ4v) is 4.58. The van der Waals surface area contributed by atoms with E-state index >= 15 is 0 Å². The molecule has 1 N–H and O–H groups in total. The van der Waals surface area contributed by atoms with E-state index in [4.69, 9.17) is 13.7 Å². The highest BCUT2D eigenvalue weighted by Crippen LogP contribution is 2.30. The van der Waals surface area contributed by atoms with Gasteiger partial charge < -0.3 is 19.0 Å². The van der Waals surface area contributed by atoms with Crippen molar-refractivity contribution < 1.29 is 23.3 Å². The van der Waals surface area contributed by atoms with Crippen molar-refractivity contribution in [1.82, 2.24) is 15.5 Å². The Kier molecular flexibility index (Phi) is 7.69. The highest BCUT2D eigenvalue weighted by Gasteiger charge is 2.20. The number of carbonyl (C=O) groups is 2. The minimum absolute atomic E-state index is 0.114. The number of amides is 1. The van der Waals surface area contributed by atoms with Gasteiger partial charge >= 0.3 is 0 Å². The van der Waals surface area contributed by atoms with Gasteiger partial charge in [0.25, 0.3) is 18.3 Å². The molecule has 0 saturated heterocycles. The van der Waals surface area contributed by atoms with Gasteiger partial charge in [0.05, 0.1) is 0 Å². The van der Waals surface area contributed by atoms with E-state index in [1.54, 1.807) is 12.1 Å². The molecule has 0 saturated carbocycles. The maximum absolute atomic E-state index is 12.8. The Labute approximate surface area is 233 Å². The second-order valence-corrected chi connectivity index (χ2v) is 9.89. The lowest BCUT2D eigenvalue weighted by atomic mass is 10.1. The molecule has 1 unspecified atom stereocenters. The highest BCUT2D eigenvalue weighted by molar-refractivity contribution is 9.10. The Morgan fingerprint density at radius 2 is 1.67 bits per heavy atom. The first-order chi connectivity index (χ1) is 18.9. The molecule has 1 amide bonds. The van der Waals surface area contributed by atoms with E-state index in [-0.39, 0.29) is 12.2 Å². The second-order valence-electron chi connectivity index (χ2n) is 9.03. The zero-order chi connectivity index (χ0) is 27.4. The van der Waals surface area contributed by atoms with Crippen LogP contribution >= 0.6 is 15.9 Å². The quantitative estimate of drug-likeness (QED) is 0.155. The summed E-state index contributed by atoms with van der Waals surface area (Å²) in [7, 11) is 0. The Bertz CT molecular complexity index is 1610. The number of hydrogen-bond donors (Lipinski definition) is 1. The number of ether oxygens (including phenoxy) is 1. The molecule has 2 heterocycles. The van der Waals surface area contributed by atoms with Crippen LogP contribution in [0.4, 0.5) is 0 Å². The third kappa shape index (κ3) is 6.15. The van der Waals surface area contributed by atoms with Crippen molar-refractivity contribution in [3.63, 3.8) is 0 Å². The highest BCUT2D eigenvalue weighted by atomic mass is 79.9. The van der Waals surface area contributed by atoms with Gasteiger partial charge in [0, 0.05) is 27.6 Å². The Balaban J connectivity index is 1.27. The van der Waals surface area contributed by atoms with Crippen molar-refractivity contribution in [2.24, 2.45) is 0 Å². The topological polar surface area (TPSA) is 107 Å². The first kappa shape index (κ1) is 26.1. The standard InChI is InChI=1S/C30H24BrN3O5/c1-18-3-8-21(9-4-18)25-13-14-26(38-25)29(36)32-27(37-17-35)16-20-7-12-23(24(31)15-20)28-33-30(39-34-28)22-10-5-19(2)6-11-22/h3-15,17,27H,16H2,1-2H3,(H,32,36). The predicted octanol–water partition coefficient (Wildman–Crippen LogP) is 6.51. The molecule has 1 atom stereocenters. The Morgan fingerprint density at radius 3 is 2.33 bits per heavy atom. The molecule has 5 aromatic rings. The number of carbonyl (C=O) groups excluding carboxylic acids is 2. The molecular weight excluding hydrogens is 562 g/mol. The van der Waals surface area contributed by atoms with Crippen LogP contribution in [0.25, 0.3) is 34.2 Å². The van der Waals surface area contributed by atoms with Gasteiger partial charge in [0.2, 0.25) is 5.82 Å². The van der Waals surface area contributed by atoms with Crippen LogP contribution in [0.15, 0.2) is 92.3 Å². The molecule has 9 heteroatoms. The van der Waals surface area contributed by atoms with Crippen LogP contribution in [0, 0.1) is 13.8 Å². The Hall–Kier alpha value is -4.50. The van der Waals surface area contributed by atoms with Crippen molar-refractivity contribution in [1.29, 1.82) is 0 Å². The van der Waals surface area contributed by atoms with Crippen molar-refractivity contribution in [3.05, 3.63) is 106 Å². The molecule has 196 valence electrons. The van der Waals surface area contributed by atoms with Gasteiger partial charge in [-0.25, -0.2) is 0 Å². The van der Waals surface area contributed by atoms with E-state index < -0.39 is 12.1 Å². The van der Waals surface area contributed by atoms with Gasteiger partial charge in [-0.2, -0.15) is 4.98 Å². The summed E-state index contributed by atoms with van der Waals surface area (Å²) in [6.07, 6.45) is -0.672. The number of nitrogens with zero attached hydrogens (tertiary/aromatic N) is 2. The third-order valence-corrected chi connectivity index (χ3v) is 6.75. The van der Waals surface area contributed by atoms with Gasteiger partial charge in [-0.3, -0.25) is 9.59 Å². The zero-order valence-corrected chi connectivity index (χ0v) is 22.8. The minimum Gasteiger partial charge on any atom is -0.451 e. The van der Waals surface area contributed by atoms with E-state index in [0.717, 1.165) is 37.9 Å². The molecule has 3 aromatic carbocycles. The van der Waals surface area contributed by atoms with E-state index in [1.165, 1.54) is 0 Å². The normalized spacial score (nSPS) is 11.7. The fraction of sp³-hybridized carbons (Fsp3) is 0.133. The number of aromatic nitrogens is 2. The van der Waals surface area contributed by atoms with Crippen LogP contribution in [0.3, 0.4) is 0 Å². The predicted molar refractivity (Wildman–Crippen MR) is 149 cm³/mol. The van der Waals surface area contributed by atoms with Crippen LogP contribution in [0.2, 0.25) is 0 Å². The van der Waals surface area contributed by atoms with Crippen LogP contribution < -0.4 is 5.32 Å². The van der Waals surface area contributed by atoms with Crippen molar-refractivity contribution in [2.75, 3.05) is 0 Å². The number of nitrogens with one attached hydrogen (secondary N) is 1. The number of rotatable bonds is 9. The van der Waals surface area contributed by atoms with E-state index in [1.807, 2.05) is 80.6 Å². The smallest absolute Gasteiger partial charge is 0.295 e. The molecular formula is C30H24BrN3O5. The average molecular weight is 586 g/mol. The monoisotopic (exact) mass is 585 g/mol. The molecule has 0 aliphatic rings. The van der Waals surface area contributed by atoms with Crippen molar-refractivity contribution in [3.8, 4) is 34.2 Å². The van der Waals surface area contributed by atoms with Crippen molar-refractivity contribution >= 4 is 28.3 Å². The number of furan rings is 1. The lowest BCUT2D eigenvalue weighted by molar-refractivity contribution is -0.134. The Morgan fingerprint density at radius 1 is 0.974 bits per heavy atom. The molecule has 0 radical (unpaired) electrons. The number of aryl methyl sites for hydroxylation is 2. The number of halogens is 1. The molecule has 8 nitrogen and oxygen atoms in total. The van der Waals surface area contributed by atoms with E-state index in [0.29, 0.717) is 23.9 Å². The molecule has 5 rings (SSSR count). The minimum atomic E-state index is -0.904. The number of benzene rings is 3. The van der Waals surface area contributed by atoms with Crippen LogP contribution in [-0.4, -0.2) is 28.7 Å². The summed E-state index contributed by atoms with van der Waals surface area (Å²) < 4.78 is 17.1. The van der Waals surface area contributed by atoms with Gasteiger partial charge in [0.15, 0.2) is 12.0 Å². The summed E-state index contributed by atoms with van der Waals surface area (Å²) in [5.74, 6) is 1.04. The van der Waals surface area contributed by atoms with E-state index in [2.05, 4.69) is 31.4 Å². The van der Waals surface area contributed by atoms with Gasteiger partial charge in [0.1, 0.15) is 5.76 Å². The van der Waals surface area contributed by atoms with Gasteiger partial charge in [-0.05, 0) is 55.8 Å². The molecule has 0 bridgehead atoms. The summed E-state index contributed by atoms with van der Waals surface area (Å²) in [4.78, 5) is 28.5. The molecule has 0 aliphatic carbocycles. The van der Waals surface area contributed by atoms with Crippen LogP contribution in [-0.2, 0) is 16.0 Å². The largest absolute Gasteiger partial charge is 0.451 e. The summed E-state index contributed by atoms with van der Waals surface area (Å²) >= 11 is 3.57. The average Bonchev–Trinajstić information content (AvgIpc) is 3.61. The van der Waals surface area contributed by atoms with Crippen molar-refractivity contribution in [2.45, 2.75) is 26.5 Å². The second kappa shape index (κ2) is 11.5. The molecule has 0 fully saturated rings. The summed E-state index contributed by atoms with van der Waals surface area (Å²) in [5, 5.41) is 6.82. The van der Waals surface area contributed by atoms with Crippen LogP contribution in [0.5, 0.6) is 0 Å². The summed E-state index contributed by atoms with van der Waals surface area (Å²) in [6, 6.07) is 24.5. The zero-order valence-electron chi connectivity index (χ0n) is 21.2.